The summed E-state index contributed by atoms with van der Waals surface area (Å²) in [6.07, 6.45) is -4.41. The van der Waals surface area contributed by atoms with Crippen molar-refractivity contribution in [2.45, 2.75) is 52.4 Å². The van der Waals surface area contributed by atoms with Crippen LogP contribution >= 0.6 is 7.82 Å². The number of allylic oxidation sites excluding steroid dienone is 1. The van der Waals surface area contributed by atoms with E-state index in [1.165, 1.54) is 0 Å². The smallest absolute Gasteiger partial charge is 0.472 e. The van der Waals surface area contributed by atoms with Crippen molar-refractivity contribution in [1.82, 2.24) is 0 Å². The van der Waals surface area contributed by atoms with Crippen LogP contribution in [0.4, 0.5) is 0 Å². The maximum Gasteiger partial charge on any atom is 0.472 e. The Hall–Kier alpha value is -1.71. The predicted octanol–water partition coefficient (Wildman–Crippen LogP) is 1.44. The van der Waals surface area contributed by atoms with Gasteiger partial charge in [0.1, 0.15) is 12.2 Å². The molecule has 0 aromatic heterocycles. The van der Waals surface area contributed by atoms with Gasteiger partial charge >= 0.3 is 13.8 Å². The Morgan fingerprint density at radius 2 is 1.89 bits per heavy atom. The van der Waals surface area contributed by atoms with Gasteiger partial charge in [0.15, 0.2) is 17.6 Å². The summed E-state index contributed by atoms with van der Waals surface area (Å²) in [6.45, 7) is 6.31. The van der Waals surface area contributed by atoms with E-state index in [-0.39, 0.29) is 6.42 Å². The zero-order valence-electron chi connectivity index (χ0n) is 15.3. The molecule has 0 saturated heterocycles. The molecule has 0 spiro atoms. The quantitative estimate of drug-likeness (QED) is 0.375. The molecule has 152 valence electrons. The third-order valence-corrected chi connectivity index (χ3v) is 5.89. The topological polar surface area (TPSA) is 160 Å². The average molecular weight is 406 g/mol. The summed E-state index contributed by atoms with van der Waals surface area (Å²) in [5.74, 6) is -3.64. The van der Waals surface area contributed by atoms with Gasteiger partial charge in [-0.2, -0.15) is 0 Å². The van der Waals surface area contributed by atoms with Crippen LogP contribution in [0.1, 0.15) is 34.1 Å². The van der Waals surface area contributed by atoms with E-state index in [0.29, 0.717) is 5.57 Å². The first kappa shape index (κ1) is 21.6. The number of esters is 1. The fraction of sp³-hybridized carbons (Fsp3) is 0.625. The van der Waals surface area contributed by atoms with E-state index < -0.39 is 61.4 Å². The van der Waals surface area contributed by atoms with E-state index in [1.807, 2.05) is 20.8 Å². The van der Waals surface area contributed by atoms with E-state index in [2.05, 4.69) is 9.26 Å². The molecule has 4 N–H and O–H groups in total. The van der Waals surface area contributed by atoms with Crippen molar-refractivity contribution < 1.29 is 48.2 Å². The number of phosphoric ester groups is 1. The van der Waals surface area contributed by atoms with Crippen molar-refractivity contribution in [3.05, 3.63) is 22.7 Å². The van der Waals surface area contributed by atoms with E-state index in [9.17, 15) is 34.4 Å². The molecule has 0 fully saturated rings. The van der Waals surface area contributed by atoms with Gasteiger partial charge in [-0.1, -0.05) is 19.4 Å². The largest absolute Gasteiger partial charge is 0.505 e. The number of carbonyl (C=O) groups excluding carboxylic acids is 2. The van der Waals surface area contributed by atoms with E-state index in [0.717, 1.165) is 5.57 Å². The molecular formula is C16H23O10P. The van der Waals surface area contributed by atoms with Crippen LogP contribution in [-0.4, -0.2) is 56.9 Å². The maximum atomic E-state index is 12.3. The second-order valence-electron chi connectivity index (χ2n) is 7.19. The Labute approximate surface area is 155 Å². The minimum absolute atomic E-state index is 0.170. The molecule has 10 nitrogen and oxygen atoms in total. The lowest BCUT2D eigenvalue weighted by molar-refractivity contribution is -0.147. The SMILES string of the molecule is CC1=C(C)C(C)(C)CC(OP(=O)(O)OC[C@H](O)[C@H]2OC(=O)C(O)=C2O)C1=O. The summed E-state index contributed by atoms with van der Waals surface area (Å²) in [5.41, 5.74) is 0.884. The Morgan fingerprint density at radius 1 is 1.30 bits per heavy atom. The van der Waals surface area contributed by atoms with Crippen molar-refractivity contribution >= 4 is 19.6 Å². The highest BCUT2D eigenvalue weighted by Gasteiger charge is 2.43. The minimum Gasteiger partial charge on any atom is -0.505 e. The highest BCUT2D eigenvalue weighted by molar-refractivity contribution is 7.47. The van der Waals surface area contributed by atoms with Gasteiger partial charge in [-0.05, 0) is 31.3 Å². The lowest BCUT2D eigenvalue weighted by atomic mass is 9.72. The molecule has 1 aliphatic carbocycles. The molecule has 2 aliphatic rings. The molecular weight excluding hydrogens is 383 g/mol. The van der Waals surface area contributed by atoms with Crippen molar-refractivity contribution in [2.24, 2.45) is 5.41 Å². The fourth-order valence-electron chi connectivity index (χ4n) is 2.90. The van der Waals surface area contributed by atoms with Crippen molar-refractivity contribution in [3.63, 3.8) is 0 Å². The lowest BCUT2D eigenvalue weighted by Gasteiger charge is -2.36. The summed E-state index contributed by atoms with van der Waals surface area (Å²) in [4.78, 5) is 33.3. The number of hydrogen-bond acceptors (Lipinski definition) is 9. The third kappa shape index (κ3) is 4.41. The summed E-state index contributed by atoms with van der Waals surface area (Å²) < 4.78 is 26.3. The van der Waals surface area contributed by atoms with Crippen LogP contribution in [-0.2, 0) is 27.9 Å². The number of aliphatic hydroxyl groups excluding tert-OH is 3. The number of rotatable bonds is 6. The number of ketones is 1. The molecule has 27 heavy (non-hydrogen) atoms. The van der Waals surface area contributed by atoms with Crippen LogP contribution in [0.3, 0.4) is 0 Å². The second-order valence-corrected chi connectivity index (χ2v) is 8.59. The standard InChI is InChI=1S/C16H23O10P/c1-7-8(2)16(3,4)5-10(11(7)18)26-27(22,23)24-6-9(17)14-12(19)13(20)15(21)25-14/h9-10,14,17,19-20H,5-6H2,1-4H3,(H,22,23)/t9-,10?,14+/m0/s1. The van der Waals surface area contributed by atoms with Crippen LogP contribution < -0.4 is 0 Å². The molecule has 0 saturated carbocycles. The fourth-order valence-corrected chi connectivity index (χ4v) is 3.80. The first-order valence-electron chi connectivity index (χ1n) is 8.16. The Kier molecular flexibility index (Phi) is 5.89. The number of aliphatic hydroxyl groups is 3. The second kappa shape index (κ2) is 7.37. The highest BCUT2D eigenvalue weighted by atomic mass is 31.2. The van der Waals surface area contributed by atoms with Gasteiger partial charge in [0.2, 0.25) is 5.76 Å². The monoisotopic (exact) mass is 406 g/mol. The number of ether oxygens (including phenoxy) is 1. The zero-order chi connectivity index (χ0) is 20.7. The van der Waals surface area contributed by atoms with Gasteiger partial charge in [-0.3, -0.25) is 13.8 Å². The van der Waals surface area contributed by atoms with Gasteiger partial charge < -0.3 is 24.9 Å². The maximum absolute atomic E-state index is 12.3. The zero-order valence-corrected chi connectivity index (χ0v) is 16.2. The van der Waals surface area contributed by atoms with Crippen LogP contribution in [0.2, 0.25) is 0 Å². The molecule has 4 atom stereocenters. The minimum atomic E-state index is -4.75. The molecule has 2 rings (SSSR count). The normalized spacial score (nSPS) is 29.0. The van der Waals surface area contributed by atoms with E-state index in [1.54, 1.807) is 6.92 Å². The molecule has 0 aromatic rings. The summed E-state index contributed by atoms with van der Waals surface area (Å²) >= 11 is 0. The van der Waals surface area contributed by atoms with Crippen molar-refractivity contribution in [3.8, 4) is 0 Å². The van der Waals surface area contributed by atoms with Crippen LogP contribution in [0.15, 0.2) is 22.7 Å². The number of cyclic esters (lactones) is 1. The number of Topliss-reactive ketones (excluding diaryl/α,β-unsaturated/α-hetero) is 1. The Balaban J connectivity index is 2.01. The number of phosphoric acid groups is 1. The van der Waals surface area contributed by atoms with Crippen LogP contribution in [0.5, 0.6) is 0 Å². The van der Waals surface area contributed by atoms with Gasteiger partial charge in [0, 0.05) is 0 Å². The first-order valence-corrected chi connectivity index (χ1v) is 9.65. The molecule has 0 aromatic carbocycles. The lowest BCUT2D eigenvalue weighted by Crippen LogP contribution is -2.37. The Bertz CT molecular complexity index is 765. The number of hydrogen-bond donors (Lipinski definition) is 4. The molecule has 0 radical (unpaired) electrons. The summed E-state index contributed by atoms with van der Waals surface area (Å²) in [5, 5.41) is 28.5. The van der Waals surface area contributed by atoms with Crippen LogP contribution in [0, 0.1) is 5.41 Å². The summed E-state index contributed by atoms with van der Waals surface area (Å²) in [6, 6.07) is 0. The summed E-state index contributed by atoms with van der Waals surface area (Å²) in [7, 11) is -4.75. The number of carbonyl (C=O) groups is 2. The van der Waals surface area contributed by atoms with Gasteiger partial charge in [-0.25, -0.2) is 9.36 Å². The average Bonchev–Trinajstić information content (AvgIpc) is 2.83. The predicted molar refractivity (Wildman–Crippen MR) is 90.6 cm³/mol. The van der Waals surface area contributed by atoms with Crippen molar-refractivity contribution in [2.75, 3.05) is 6.61 Å². The molecule has 1 aliphatic heterocycles. The van der Waals surface area contributed by atoms with Gasteiger partial charge in [0.25, 0.3) is 0 Å². The highest BCUT2D eigenvalue weighted by Crippen LogP contribution is 2.49. The Morgan fingerprint density at radius 3 is 2.41 bits per heavy atom. The molecule has 0 amide bonds. The molecule has 0 bridgehead atoms. The third-order valence-electron chi connectivity index (χ3n) is 4.89. The van der Waals surface area contributed by atoms with E-state index >= 15 is 0 Å². The van der Waals surface area contributed by atoms with Gasteiger partial charge in [0.05, 0.1) is 6.61 Å². The first-order chi connectivity index (χ1) is 12.3. The van der Waals surface area contributed by atoms with Crippen LogP contribution in [0.25, 0.3) is 0 Å². The molecule has 2 unspecified atom stereocenters. The van der Waals surface area contributed by atoms with E-state index in [4.69, 9.17) is 4.52 Å². The van der Waals surface area contributed by atoms with Gasteiger partial charge in [-0.15, -0.1) is 0 Å². The van der Waals surface area contributed by atoms with Crippen molar-refractivity contribution in [1.29, 1.82) is 0 Å². The molecule has 1 heterocycles. The molecule has 11 heteroatoms.